The predicted octanol–water partition coefficient (Wildman–Crippen LogP) is -0.666. The fourth-order valence-electron chi connectivity index (χ4n) is 2.17. The van der Waals surface area contributed by atoms with Gasteiger partial charge < -0.3 is 15.2 Å². The summed E-state index contributed by atoms with van der Waals surface area (Å²) in [6.07, 6.45) is 0.194. The minimum Gasteiger partial charge on any atom is -0.480 e. The molecule has 0 bridgehead atoms. The van der Waals surface area contributed by atoms with Crippen LogP contribution in [0.2, 0.25) is 0 Å². The van der Waals surface area contributed by atoms with Gasteiger partial charge >= 0.3 is 11.9 Å². The third-order valence-corrected chi connectivity index (χ3v) is 5.14. The molecule has 1 rings (SSSR count). The molecule has 0 aromatic heterocycles. The van der Waals surface area contributed by atoms with Crippen molar-refractivity contribution < 1.29 is 32.6 Å². The number of nitrogens with one attached hydrogen (secondary N) is 1. The standard InChI is InChI=1S/C12H19NO7S/c1-20-11(15)3-2-9(12(16)17)13-10(14)6-8-4-5-21(18,19)7-8/h8-9H,2-7H2,1H3,(H,13,14)(H,16,17)/t8?,9-/m1/s1. The van der Waals surface area contributed by atoms with Crippen LogP contribution in [-0.2, 0) is 29.0 Å². The van der Waals surface area contributed by atoms with Crippen LogP contribution in [-0.4, -0.2) is 56.0 Å². The Morgan fingerprint density at radius 1 is 1.38 bits per heavy atom. The molecule has 1 heterocycles. The summed E-state index contributed by atoms with van der Waals surface area (Å²) in [5, 5.41) is 11.3. The topological polar surface area (TPSA) is 127 Å². The second kappa shape index (κ2) is 7.39. The van der Waals surface area contributed by atoms with Crippen LogP contribution in [0.4, 0.5) is 0 Å². The lowest BCUT2D eigenvalue weighted by Crippen LogP contribution is -2.41. The molecular formula is C12H19NO7S. The van der Waals surface area contributed by atoms with E-state index < -0.39 is 33.7 Å². The molecule has 1 amide bonds. The number of carboxylic acids is 1. The SMILES string of the molecule is COC(=O)CC[C@@H](NC(=O)CC1CCS(=O)(=O)C1)C(=O)O. The Bertz CT molecular complexity index is 514. The summed E-state index contributed by atoms with van der Waals surface area (Å²) in [6.45, 7) is 0. The van der Waals surface area contributed by atoms with Crippen molar-refractivity contribution in [2.75, 3.05) is 18.6 Å². The lowest BCUT2D eigenvalue weighted by atomic mass is 10.0. The van der Waals surface area contributed by atoms with Crippen LogP contribution in [0.15, 0.2) is 0 Å². The Morgan fingerprint density at radius 2 is 2.05 bits per heavy atom. The van der Waals surface area contributed by atoms with Crippen molar-refractivity contribution in [1.29, 1.82) is 0 Å². The Labute approximate surface area is 122 Å². The summed E-state index contributed by atoms with van der Waals surface area (Å²) in [4.78, 5) is 33.7. The van der Waals surface area contributed by atoms with Gasteiger partial charge in [-0.2, -0.15) is 0 Å². The summed E-state index contributed by atoms with van der Waals surface area (Å²) < 4.78 is 27.0. The maximum Gasteiger partial charge on any atom is 0.326 e. The smallest absolute Gasteiger partial charge is 0.326 e. The van der Waals surface area contributed by atoms with Gasteiger partial charge in [0.2, 0.25) is 5.91 Å². The van der Waals surface area contributed by atoms with Crippen LogP contribution in [0.25, 0.3) is 0 Å². The molecule has 1 saturated heterocycles. The summed E-state index contributed by atoms with van der Waals surface area (Å²) in [5.74, 6) is -2.57. The van der Waals surface area contributed by atoms with Crippen LogP contribution in [0, 0.1) is 5.92 Å². The minimum absolute atomic E-state index is 0.0266. The highest BCUT2D eigenvalue weighted by Crippen LogP contribution is 2.21. The van der Waals surface area contributed by atoms with Gasteiger partial charge in [0.15, 0.2) is 9.84 Å². The fourth-order valence-corrected chi connectivity index (χ4v) is 4.03. The Balaban J connectivity index is 2.45. The van der Waals surface area contributed by atoms with Crippen molar-refractivity contribution in [3.05, 3.63) is 0 Å². The quantitative estimate of drug-likeness (QED) is 0.595. The van der Waals surface area contributed by atoms with E-state index in [2.05, 4.69) is 10.1 Å². The van der Waals surface area contributed by atoms with Gasteiger partial charge in [-0.1, -0.05) is 0 Å². The average molecular weight is 321 g/mol. The first-order chi connectivity index (χ1) is 9.73. The van der Waals surface area contributed by atoms with Gasteiger partial charge in [0.25, 0.3) is 0 Å². The van der Waals surface area contributed by atoms with Crippen LogP contribution >= 0.6 is 0 Å². The zero-order valence-corrected chi connectivity index (χ0v) is 12.5. The van der Waals surface area contributed by atoms with E-state index in [4.69, 9.17) is 5.11 Å². The lowest BCUT2D eigenvalue weighted by Gasteiger charge is -2.15. The van der Waals surface area contributed by atoms with Crippen LogP contribution in [0.1, 0.15) is 25.7 Å². The minimum atomic E-state index is -3.07. The highest BCUT2D eigenvalue weighted by molar-refractivity contribution is 7.91. The first-order valence-electron chi connectivity index (χ1n) is 6.53. The van der Waals surface area contributed by atoms with E-state index in [-0.39, 0.29) is 36.7 Å². The van der Waals surface area contributed by atoms with E-state index >= 15 is 0 Å². The molecule has 1 aliphatic heterocycles. The number of methoxy groups -OCH3 is 1. The van der Waals surface area contributed by atoms with Gasteiger partial charge in [0.05, 0.1) is 18.6 Å². The second-order valence-corrected chi connectivity index (χ2v) is 7.28. The second-order valence-electron chi connectivity index (χ2n) is 5.05. The number of hydrogen-bond acceptors (Lipinski definition) is 6. The average Bonchev–Trinajstić information content (AvgIpc) is 2.72. The molecule has 0 aliphatic carbocycles. The molecule has 8 nitrogen and oxygen atoms in total. The van der Waals surface area contributed by atoms with Crippen molar-refractivity contribution in [3.8, 4) is 0 Å². The van der Waals surface area contributed by atoms with Crippen LogP contribution in [0.3, 0.4) is 0 Å². The first-order valence-corrected chi connectivity index (χ1v) is 8.35. The molecule has 0 radical (unpaired) electrons. The number of carboxylic acid groups (broad SMARTS) is 1. The molecule has 0 saturated carbocycles. The summed E-state index contributed by atoms with van der Waals surface area (Å²) in [7, 11) is -1.88. The molecule has 1 unspecified atom stereocenters. The Morgan fingerprint density at radius 3 is 2.52 bits per heavy atom. The number of carbonyl (C=O) groups is 3. The summed E-state index contributed by atoms with van der Waals surface area (Å²) in [6, 6.07) is -1.19. The fraction of sp³-hybridized carbons (Fsp3) is 0.750. The van der Waals surface area contributed by atoms with Gasteiger partial charge in [-0.15, -0.1) is 0 Å². The number of aliphatic carboxylic acids is 1. The number of carbonyl (C=O) groups excluding carboxylic acids is 2. The van der Waals surface area contributed by atoms with Gasteiger partial charge in [-0.05, 0) is 18.8 Å². The van der Waals surface area contributed by atoms with Gasteiger partial charge in [0.1, 0.15) is 6.04 Å². The molecule has 2 N–H and O–H groups in total. The van der Waals surface area contributed by atoms with Gasteiger partial charge in [-0.3, -0.25) is 9.59 Å². The number of sulfone groups is 1. The molecular weight excluding hydrogens is 302 g/mol. The van der Waals surface area contributed by atoms with E-state index in [0.717, 1.165) is 0 Å². The first kappa shape index (κ1) is 17.4. The number of ether oxygens (including phenoxy) is 1. The van der Waals surface area contributed by atoms with E-state index in [1.165, 1.54) is 7.11 Å². The summed E-state index contributed by atoms with van der Waals surface area (Å²) in [5.41, 5.74) is 0. The molecule has 1 fully saturated rings. The van der Waals surface area contributed by atoms with Crippen molar-refractivity contribution in [2.24, 2.45) is 5.92 Å². The van der Waals surface area contributed by atoms with Crippen LogP contribution < -0.4 is 5.32 Å². The molecule has 0 spiro atoms. The number of rotatable bonds is 7. The molecule has 1 aliphatic rings. The molecule has 2 atom stereocenters. The van der Waals surface area contributed by atoms with E-state index in [0.29, 0.717) is 6.42 Å². The predicted molar refractivity (Wildman–Crippen MR) is 72.2 cm³/mol. The molecule has 21 heavy (non-hydrogen) atoms. The zero-order valence-electron chi connectivity index (χ0n) is 11.7. The Kier molecular flexibility index (Phi) is 6.13. The van der Waals surface area contributed by atoms with Gasteiger partial charge in [0, 0.05) is 12.8 Å². The zero-order chi connectivity index (χ0) is 16.0. The van der Waals surface area contributed by atoms with Crippen molar-refractivity contribution >= 4 is 27.7 Å². The molecule has 120 valence electrons. The van der Waals surface area contributed by atoms with Crippen molar-refractivity contribution in [3.63, 3.8) is 0 Å². The van der Waals surface area contributed by atoms with E-state index in [9.17, 15) is 22.8 Å². The number of esters is 1. The molecule has 0 aromatic rings. The normalized spacial score (nSPS) is 21.5. The Hall–Kier alpha value is -1.64. The maximum atomic E-state index is 11.8. The number of hydrogen-bond donors (Lipinski definition) is 2. The van der Waals surface area contributed by atoms with Crippen LogP contribution in [0.5, 0.6) is 0 Å². The summed E-state index contributed by atoms with van der Waals surface area (Å²) >= 11 is 0. The molecule has 0 aromatic carbocycles. The van der Waals surface area contributed by atoms with Crippen molar-refractivity contribution in [1.82, 2.24) is 5.32 Å². The largest absolute Gasteiger partial charge is 0.480 e. The molecule has 9 heteroatoms. The number of amides is 1. The lowest BCUT2D eigenvalue weighted by molar-refractivity contribution is -0.144. The van der Waals surface area contributed by atoms with E-state index in [1.807, 2.05) is 0 Å². The third kappa shape index (κ3) is 6.11. The highest BCUT2D eigenvalue weighted by atomic mass is 32.2. The monoisotopic (exact) mass is 321 g/mol. The maximum absolute atomic E-state index is 11.8. The highest BCUT2D eigenvalue weighted by Gasteiger charge is 2.30. The third-order valence-electron chi connectivity index (χ3n) is 3.30. The van der Waals surface area contributed by atoms with Gasteiger partial charge in [-0.25, -0.2) is 13.2 Å². The van der Waals surface area contributed by atoms with Crippen molar-refractivity contribution in [2.45, 2.75) is 31.7 Å². The van der Waals surface area contributed by atoms with E-state index in [1.54, 1.807) is 0 Å².